The van der Waals surface area contributed by atoms with Crippen molar-refractivity contribution in [3.05, 3.63) is 30.1 Å². The number of aromatic nitrogens is 2. The van der Waals surface area contributed by atoms with E-state index in [1.54, 1.807) is 6.33 Å². The van der Waals surface area contributed by atoms with E-state index in [0.717, 1.165) is 23.5 Å². The maximum Gasteiger partial charge on any atom is 0.0931 e. The normalized spacial score (nSPS) is 18.1. The molecule has 1 aliphatic heterocycles. The van der Waals surface area contributed by atoms with Crippen LogP contribution in [0.25, 0.3) is 11.0 Å². The van der Waals surface area contributed by atoms with Crippen LogP contribution < -0.4 is 0 Å². The van der Waals surface area contributed by atoms with Gasteiger partial charge in [0.2, 0.25) is 0 Å². The first-order valence-electron chi connectivity index (χ1n) is 7.57. The third-order valence-electron chi connectivity index (χ3n) is 3.98. The molecule has 0 unspecified atom stereocenters. The van der Waals surface area contributed by atoms with Crippen molar-refractivity contribution < 1.29 is 0 Å². The van der Waals surface area contributed by atoms with E-state index in [1.807, 2.05) is 0 Å². The van der Waals surface area contributed by atoms with Gasteiger partial charge >= 0.3 is 0 Å². The zero-order valence-electron chi connectivity index (χ0n) is 12.5. The monoisotopic (exact) mass is 272 g/mol. The first-order chi connectivity index (χ1) is 9.70. The quantitative estimate of drug-likeness (QED) is 0.928. The Morgan fingerprint density at radius 1 is 1.15 bits per heavy atom. The van der Waals surface area contributed by atoms with Gasteiger partial charge in [0, 0.05) is 39.3 Å². The molecule has 1 N–H and O–H groups in total. The largest absolute Gasteiger partial charge is 0.345 e. The molecule has 0 amide bonds. The minimum Gasteiger partial charge on any atom is -0.345 e. The molecule has 0 aliphatic carbocycles. The number of nitrogens with one attached hydrogen (secondary N) is 1. The number of nitrogens with zero attached hydrogens (tertiary/aromatic N) is 3. The first-order valence-corrected chi connectivity index (χ1v) is 7.57. The molecule has 0 atom stereocenters. The third kappa shape index (κ3) is 3.19. The summed E-state index contributed by atoms with van der Waals surface area (Å²) in [6.07, 6.45) is 1.76. The van der Waals surface area contributed by atoms with E-state index >= 15 is 0 Å². The van der Waals surface area contributed by atoms with Gasteiger partial charge in [-0.3, -0.25) is 4.90 Å². The molecule has 0 bridgehead atoms. The molecule has 1 aromatic carbocycles. The average molecular weight is 272 g/mol. The Balaban J connectivity index is 1.56. The summed E-state index contributed by atoms with van der Waals surface area (Å²) < 4.78 is 0. The molecule has 4 nitrogen and oxygen atoms in total. The minimum absolute atomic E-state index is 0.768. The highest BCUT2D eigenvalue weighted by molar-refractivity contribution is 5.74. The van der Waals surface area contributed by atoms with Gasteiger partial charge in [-0.05, 0) is 23.6 Å². The molecule has 1 fully saturated rings. The number of rotatable bonds is 4. The van der Waals surface area contributed by atoms with Crippen molar-refractivity contribution >= 4 is 11.0 Å². The third-order valence-corrected chi connectivity index (χ3v) is 3.98. The number of benzene rings is 1. The molecule has 1 aromatic heterocycles. The van der Waals surface area contributed by atoms with Crippen molar-refractivity contribution in [1.29, 1.82) is 0 Å². The summed E-state index contributed by atoms with van der Waals surface area (Å²) in [6, 6.07) is 6.53. The van der Waals surface area contributed by atoms with Gasteiger partial charge < -0.3 is 9.88 Å². The lowest BCUT2D eigenvalue weighted by Gasteiger charge is -2.35. The Morgan fingerprint density at radius 3 is 2.65 bits per heavy atom. The molecule has 0 radical (unpaired) electrons. The van der Waals surface area contributed by atoms with Crippen LogP contribution >= 0.6 is 0 Å². The molecular weight excluding hydrogens is 248 g/mol. The van der Waals surface area contributed by atoms with Crippen LogP contribution in [0.15, 0.2) is 24.5 Å². The molecule has 3 rings (SSSR count). The van der Waals surface area contributed by atoms with E-state index in [-0.39, 0.29) is 0 Å². The van der Waals surface area contributed by atoms with Crippen molar-refractivity contribution in [3.63, 3.8) is 0 Å². The van der Waals surface area contributed by atoms with E-state index in [9.17, 15) is 0 Å². The van der Waals surface area contributed by atoms with E-state index in [0.29, 0.717) is 0 Å². The van der Waals surface area contributed by atoms with E-state index in [2.05, 4.69) is 51.8 Å². The first kappa shape index (κ1) is 13.6. The number of piperazine rings is 1. The summed E-state index contributed by atoms with van der Waals surface area (Å²) in [5, 5.41) is 0. The average Bonchev–Trinajstić information content (AvgIpc) is 2.88. The number of fused-ring (bicyclic) bond motifs is 1. The van der Waals surface area contributed by atoms with Gasteiger partial charge in [0.15, 0.2) is 0 Å². The predicted molar refractivity (Wildman–Crippen MR) is 82.6 cm³/mol. The van der Waals surface area contributed by atoms with Crippen molar-refractivity contribution in [2.45, 2.75) is 20.4 Å². The lowest BCUT2D eigenvalue weighted by molar-refractivity contribution is 0.117. The Morgan fingerprint density at radius 2 is 1.90 bits per heavy atom. The van der Waals surface area contributed by atoms with Crippen LogP contribution in [0.2, 0.25) is 0 Å². The van der Waals surface area contributed by atoms with Crippen LogP contribution in [0.3, 0.4) is 0 Å². The van der Waals surface area contributed by atoms with Gasteiger partial charge in [0.25, 0.3) is 0 Å². The molecular formula is C16H24N4. The Kier molecular flexibility index (Phi) is 4.03. The maximum absolute atomic E-state index is 4.27. The number of H-pyrrole nitrogens is 1. The van der Waals surface area contributed by atoms with Gasteiger partial charge in [-0.15, -0.1) is 0 Å². The highest BCUT2D eigenvalue weighted by Gasteiger charge is 2.17. The molecule has 0 spiro atoms. The second-order valence-electron chi connectivity index (χ2n) is 6.22. The summed E-state index contributed by atoms with van der Waals surface area (Å²) in [6.45, 7) is 11.6. The Labute approximate surface area is 120 Å². The number of hydrogen-bond acceptors (Lipinski definition) is 3. The molecule has 1 saturated heterocycles. The molecule has 108 valence electrons. The zero-order chi connectivity index (χ0) is 13.9. The second-order valence-corrected chi connectivity index (χ2v) is 6.22. The van der Waals surface area contributed by atoms with Crippen LogP contribution in [-0.2, 0) is 6.54 Å². The molecule has 1 aliphatic rings. The van der Waals surface area contributed by atoms with Crippen LogP contribution in [0.5, 0.6) is 0 Å². The van der Waals surface area contributed by atoms with E-state index in [1.165, 1.54) is 38.3 Å². The summed E-state index contributed by atoms with van der Waals surface area (Å²) in [5.74, 6) is 0.768. The van der Waals surface area contributed by atoms with Crippen LogP contribution in [0.1, 0.15) is 19.4 Å². The SMILES string of the molecule is CC(C)CN1CCN(Cc2ccc3nc[nH]c3c2)CC1. The van der Waals surface area contributed by atoms with Crippen LogP contribution in [0.4, 0.5) is 0 Å². The van der Waals surface area contributed by atoms with Gasteiger partial charge in [0.05, 0.1) is 17.4 Å². The summed E-state index contributed by atoms with van der Waals surface area (Å²) in [7, 11) is 0. The summed E-state index contributed by atoms with van der Waals surface area (Å²) in [4.78, 5) is 12.6. The van der Waals surface area contributed by atoms with Gasteiger partial charge in [-0.1, -0.05) is 19.9 Å². The summed E-state index contributed by atoms with van der Waals surface area (Å²) in [5.41, 5.74) is 3.57. The van der Waals surface area contributed by atoms with Crippen molar-refractivity contribution in [1.82, 2.24) is 19.8 Å². The smallest absolute Gasteiger partial charge is 0.0931 e. The molecule has 2 heterocycles. The van der Waals surface area contributed by atoms with Gasteiger partial charge in [-0.25, -0.2) is 4.98 Å². The highest BCUT2D eigenvalue weighted by atomic mass is 15.3. The zero-order valence-corrected chi connectivity index (χ0v) is 12.5. The van der Waals surface area contributed by atoms with Crippen molar-refractivity contribution in [2.75, 3.05) is 32.7 Å². The molecule has 20 heavy (non-hydrogen) atoms. The maximum atomic E-state index is 4.27. The topological polar surface area (TPSA) is 35.2 Å². The van der Waals surface area contributed by atoms with Gasteiger partial charge in [0.1, 0.15) is 0 Å². The van der Waals surface area contributed by atoms with Gasteiger partial charge in [-0.2, -0.15) is 0 Å². The number of imidazole rings is 1. The fraction of sp³-hybridized carbons (Fsp3) is 0.562. The van der Waals surface area contributed by atoms with Crippen molar-refractivity contribution in [3.8, 4) is 0 Å². The second kappa shape index (κ2) is 5.94. The minimum atomic E-state index is 0.768. The lowest BCUT2D eigenvalue weighted by atomic mass is 10.1. The molecule has 4 heteroatoms. The van der Waals surface area contributed by atoms with E-state index < -0.39 is 0 Å². The molecule has 0 saturated carbocycles. The van der Waals surface area contributed by atoms with Crippen molar-refractivity contribution in [2.24, 2.45) is 5.92 Å². The Hall–Kier alpha value is -1.39. The Bertz CT molecular complexity index is 552. The fourth-order valence-electron chi connectivity index (χ4n) is 2.99. The predicted octanol–water partition coefficient (Wildman–Crippen LogP) is 2.34. The number of aromatic amines is 1. The highest BCUT2D eigenvalue weighted by Crippen LogP contribution is 2.14. The molecule has 2 aromatic rings. The fourth-order valence-corrected chi connectivity index (χ4v) is 2.99. The summed E-state index contributed by atoms with van der Waals surface area (Å²) >= 11 is 0. The van der Waals surface area contributed by atoms with E-state index in [4.69, 9.17) is 0 Å². The lowest BCUT2D eigenvalue weighted by Crippen LogP contribution is -2.46. The standard InChI is InChI=1S/C16H24N4/c1-13(2)10-19-5-7-20(8-6-19)11-14-3-4-15-16(9-14)18-12-17-15/h3-4,9,12-13H,5-8,10-11H2,1-2H3,(H,17,18). The number of hydrogen-bond donors (Lipinski definition) is 1. The van der Waals surface area contributed by atoms with Crippen LogP contribution in [-0.4, -0.2) is 52.5 Å². The van der Waals surface area contributed by atoms with Crippen LogP contribution in [0, 0.1) is 5.92 Å².